The molecule has 0 spiro atoms. The molecule has 3 aromatic carbocycles. The van der Waals surface area contributed by atoms with Gasteiger partial charge in [0.1, 0.15) is 5.75 Å². The summed E-state index contributed by atoms with van der Waals surface area (Å²) in [6.45, 7) is 1.70. The monoisotopic (exact) mass is 350 g/mol. The molecule has 0 bridgehead atoms. The first-order chi connectivity index (χ1) is 12.5. The van der Waals surface area contributed by atoms with E-state index in [1.807, 2.05) is 49.4 Å². The van der Waals surface area contributed by atoms with Gasteiger partial charge >= 0.3 is 0 Å². The van der Waals surface area contributed by atoms with Gasteiger partial charge in [-0.25, -0.2) is 0 Å². The number of nitro benzene ring substituents is 1. The summed E-state index contributed by atoms with van der Waals surface area (Å²) in [5.74, 6) is -0.0101. The number of nitro groups is 1. The topological polar surface area (TPSA) is 81.5 Å². The Morgan fingerprint density at radius 1 is 1.12 bits per heavy atom. The van der Waals surface area contributed by atoms with E-state index in [-0.39, 0.29) is 30.0 Å². The zero-order valence-corrected chi connectivity index (χ0v) is 14.2. The van der Waals surface area contributed by atoms with Crippen molar-refractivity contribution in [1.29, 1.82) is 0 Å². The van der Waals surface area contributed by atoms with Crippen LogP contribution in [-0.4, -0.2) is 17.4 Å². The maximum absolute atomic E-state index is 12.2. The van der Waals surface area contributed by atoms with Crippen molar-refractivity contribution in [1.82, 2.24) is 5.32 Å². The van der Waals surface area contributed by atoms with Gasteiger partial charge in [-0.3, -0.25) is 14.9 Å². The molecule has 0 saturated heterocycles. The highest BCUT2D eigenvalue weighted by atomic mass is 16.6. The van der Waals surface area contributed by atoms with Crippen LogP contribution >= 0.6 is 0 Å². The lowest BCUT2D eigenvalue weighted by atomic mass is 10.00. The highest BCUT2D eigenvalue weighted by Gasteiger charge is 2.13. The smallest absolute Gasteiger partial charge is 0.273 e. The molecule has 0 aromatic heterocycles. The van der Waals surface area contributed by atoms with Gasteiger partial charge in [-0.15, -0.1) is 0 Å². The Bertz CT molecular complexity index is 950. The van der Waals surface area contributed by atoms with Crippen LogP contribution in [0.15, 0.2) is 66.7 Å². The Kier molecular flexibility index (Phi) is 5.12. The van der Waals surface area contributed by atoms with Crippen LogP contribution in [0.4, 0.5) is 5.69 Å². The van der Waals surface area contributed by atoms with Crippen LogP contribution in [-0.2, 0) is 4.79 Å². The van der Waals surface area contributed by atoms with Crippen molar-refractivity contribution >= 4 is 22.4 Å². The van der Waals surface area contributed by atoms with Gasteiger partial charge in [0.2, 0.25) is 0 Å². The van der Waals surface area contributed by atoms with E-state index < -0.39 is 4.92 Å². The molecule has 0 saturated carbocycles. The molecule has 1 unspecified atom stereocenters. The van der Waals surface area contributed by atoms with Crippen LogP contribution in [0.25, 0.3) is 10.8 Å². The molecule has 0 radical (unpaired) electrons. The van der Waals surface area contributed by atoms with Crippen molar-refractivity contribution < 1.29 is 14.5 Å². The molecular weight excluding hydrogens is 332 g/mol. The van der Waals surface area contributed by atoms with E-state index in [0.717, 1.165) is 16.3 Å². The van der Waals surface area contributed by atoms with Gasteiger partial charge in [0.25, 0.3) is 11.6 Å². The minimum absolute atomic E-state index is 0.0768. The van der Waals surface area contributed by atoms with E-state index in [4.69, 9.17) is 4.74 Å². The van der Waals surface area contributed by atoms with E-state index in [1.165, 1.54) is 18.2 Å². The summed E-state index contributed by atoms with van der Waals surface area (Å²) in [6.07, 6.45) is 0. The number of non-ortho nitro benzene ring substituents is 1. The van der Waals surface area contributed by atoms with Crippen molar-refractivity contribution in [3.63, 3.8) is 0 Å². The van der Waals surface area contributed by atoms with Crippen LogP contribution in [0.2, 0.25) is 0 Å². The molecule has 0 aliphatic carbocycles. The third kappa shape index (κ3) is 3.97. The molecule has 6 nitrogen and oxygen atoms in total. The molecule has 1 atom stereocenters. The van der Waals surface area contributed by atoms with Crippen LogP contribution in [0.3, 0.4) is 0 Å². The van der Waals surface area contributed by atoms with Gasteiger partial charge in [-0.05, 0) is 29.3 Å². The van der Waals surface area contributed by atoms with Crippen LogP contribution in [0.1, 0.15) is 18.5 Å². The number of benzene rings is 3. The van der Waals surface area contributed by atoms with Crippen LogP contribution in [0.5, 0.6) is 5.75 Å². The first kappa shape index (κ1) is 17.4. The zero-order valence-electron chi connectivity index (χ0n) is 14.2. The van der Waals surface area contributed by atoms with Gasteiger partial charge < -0.3 is 10.1 Å². The van der Waals surface area contributed by atoms with Gasteiger partial charge in [-0.2, -0.15) is 0 Å². The fourth-order valence-corrected chi connectivity index (χ4v) is 2.82. The van der Waals surface area contributed by atoms with Gasteiger partial charge in [0, 0.05) is 6.07 Å². The predicted molar refractivity (Wildman–Crippen MR) is 99.1 cm³/mol. The molecule has 1 amide bonds. The SMILES string of the molecule is CC(NC(=O)COc1cccc([N+](=O)[O-])c1)c1cccc2ccccc12. The molecule has 26 heavy (non-hydrogen) atoms. The number of nitrogens with zero attached hydrogens (tertiary/aromatic N) is 1. The summed E-state index contributed by atoms with van der Waals surface area (Å²) in [5, 5.41) is 15.9. The minimum Gasteiger partial charge on any atom is -0.484 e. The molecule has 3 aromatic rings. The van der Waals surface area contributed by atoms with Crippen molar-refractivity contribution in [3.8, 4) is 5.75 Å². The largest absolute Gasteiger partial charge is 0.484 e. The Labute approximate surface area is 150 Å². The molecule has 3 rings (SSSR count). The van der Waals surface area contributed by atoms with E-state index in [9.17, 15) is 14.9 Å². The van der Waals surface area contributed by atoms with E-state index in [1.54, 1.807) is 6.07 Å². The quantitative estimate of drug-likeness (QED) is 0.538. The summed E-state index contributed by atoms with van der Waals surface area (Å²) >= 11 is 0. The van der Waals surface area contributed by atoms with Gasteiger partial charge in [0.15, 0.2) is 6.61 Å². The second-order valence-corrected chi connectivity index (χ2v) is 5.90. The third-order valence-corrected chi connectivity index (χ3v) is 4.07. The fraction of sp³-hybridized carbons (Fsp3) is 0.150. The number of ether oxygens (including phenoxy) is 1. The summed E-state index contributed by atoms with van der Waals surface area (Å²) in [7, 11) is 0. The number of carbonyl (C=O) groups is 1. The molecule has 0 aliphatic heterocycles. The highest BCUT2D eigenvalue weighted by molar-refractivity contribution is 5.87. The molecule has 6 heteroatoms. The standard InChI is InChI=1S/C20H18N2O4/c1-14(18-11-4-7-15-6-2-3-10-19(15)18)21-20(23)13-26-17-9-5-8-16(12-17)22(24)25/h2-12,14H,13H2,1H3,(H,21,23). The van der Waals surface area contributed by atoms with Crippen molar-refractivity contribution in [3.05, 3.63) is 82.4 Å². The average Bonchev–Trinajstić information content (AvgIpc) is 2.66. The Hall–Kier alpha value is -3.41. The summed E-state index contributed by atoms with van der Waals surface area (Å²) in [5.41, 5.74) is 0.943. The van der Waals surface area contributed by atoms with Crippen molar-refractivity contribution in [2.24, 2.45) is 0 Å². The molecule has 0 heterocycles. The Balaban J connectivity index is 1.64. The Morgan fingerprint density at radius 2 is 1.85 bits per heavy atom. The number of hydrogen-bond donors (Lipinski definition) is 1. The molecule has 1 N–H and O–H groups in total. The second kappa shape index (κ2) is 7.65. The molecule has 132 valence electrons. The first-order valence-corrected chi connectivity index (χ1v) is 8.19. The predicted octanol–water partition coefficient (Wildman–Crippen LogP) is 4.00. The van der Waals surface area contributed by atoms with Crippen molar-refractivity contribution in [2.45, 2.75) is 13.0 Å². The van der Waals surface area contributed by atoms with E-state index in [2.05, 4.69) is 5.32 Å². The zero-order chi connectivity index (χ0) is 18.5. The number of nitrogens with one attached hydrogen (secondary N) is 1. The Morgan fingerprint density at radius 3 is 2.65 bits per heavy atom. The third-order valence-electron chi connectivity index (χ3n) is 4.07. The summed E-state index contributed by atoms with van der Waals surface area (Å²) in [4.78, 5) is 22.5. The number of carbonyl (C=O) groups excluding carboxylic acids is 1. The number of amides is 1. The fourth-order valence-electron chi connectivity index (χ4n) is 2.82. The summed E-state index contributed by atoms with van der Waals surface area (Å²) < 4.78 is 5.37. The van der Waals surface area contributed by atoms with Gasteiger partial charge in [0.05, 0.1) is 17.0 Å². The number of fused-ring (bicyclic) bond motifs is 1. The van der Waals surface area contributed by atoms with Gasteiger partial charge in [-0.1, -0.05) is 48.5 Å². The van der Waals surface area contributed by atoms with E-state index in [0.29, 0.717) is 0 Å². The first-order valence-electron chi connectivity index (χ1n) is 8.19. The van der Waals surface area contributed by atoms with E-state index >= 15 is 0 Å². The number of hydrogen-bond acceptors (Lipinski definition) is 4. The lowest BCUT2D eigenvalue weighted by Crippen LogP contribution is -2.31. The maximum atomic E-state index is 12.2. The molecule has 0 fully saturated rings. The lowest BCUT2D eigenvalue weighted by molar-refractivity contribution is -0.384. The molecule has 0 aliphatic rings. The van der Waals surface area contributed by atoms with Crippen LogP contribution < -0.4 is 10.1 Å². The minimum atomic E-state index is -0.504. The average molecular weight is 350 g/mol. The lowest BCUT2D eigenvalue weighted by Gasteiger charge is -2.17. The van der Waals surface area contributed by atoms with Crippen LogP contribution in [0, 0.1) is 10.1 Å². The maximum Gasteiger partial charge on any atom is 0.273 e. The normalized spacial score (nSPS) is 11.7. The second-order valence-electron chi connectivity index (χ2n) is 5.90. The number of rotatable bonds is 6. The summed E-state index contributed by atoms with van der Waals surface area (Å²) in [6, 6.07) is 19.5. The highest BCUT2D eigenvalue weighted by Crippen LogP contribution is 2.24. The molecular formula is C20H18N2O4. The van der Waals surface area contributed by atoms with Crippen molar-refractivity contribution in [2.75, 3.05) is 6.61 Å².